The van der Waals surface area contributed by atoms with Crippen LogP contribution in [0, 0.1) is 6.92 Å². The van der Waals surface area contributed by atoms with Crippen molar-refractivity contribution >= 4 is 17.6 Å². The predicted octanol–water partition coefficient (Wildman–Crippen LogP) is 3.21. The van der Waals surface area contributed by atoms with Crippen molar-refractivity contribution in [3.05, 3.63) is 77.1 Å². The summed E-state index contributed by atoms with van der Waals surface area (Å²) < 4.78 is 6.79. The highest BCUT2D eigenvalue weighted by atomic mass is 16.5. The van der Waals surface area contributed by atoms with Crippen LogP contribution in [0.15, 0.2) is 54.7 Å². The fraction of sp³-hybridized carbons (Fsp3) is 0.190. The van der Waals surface area contributed by atoms with E-state index < -0.39 is 12.1 Å². The molecule has 1 atom stereocenters. The zero-order valence-electron chi connectivity index (χ0n) is 15.6. The number of fused-ring (bicyclic) bond motifs is 1. The number of carbonyl (C=O) groups excluding carboxylic acids is 2. The van der Waals surface area contributed by atoms with Crippen LogP contribution in [0.25, 0.3) is 5.69 Å². The summed E-state index contributed by atoms with van der Waals surface area (Å²) in [5.74, 6) is -0.733. The summed E-state index contributed by atoms with van der Waals surface area (Å²) in [6.45, 7) is 3.91. The number of amides is 1. The highest BCUT2D eigenvalue weighted by molar-refractivity contribution is 6.02. The Morgan fingerprint density at radius 2 is 1.93 bits per heavy atom. The normalized spacial score (nSPS) is 15.4. The van der Waals surface area contributed by atoms with Crippen molar-refractivity contribution in [2.24, 2.45) is 0 Å². The third-order valence-corrected chi connectivity index (χ3v) is 4.62. The first-order valence-corrected chi connectivity index (χ1v) is 9.07. The van der Waals surface area contributed by atoms with E-state index >= 15 is 0 Å². The molecule has 0 unspecified atom stereocenters. The number of ether oxygens (including phenoxy) is 1. The molecular weight excluding hydrogens is 356 g/mol. The van der Waals surface area contributed by atoms with Gasteiger partial charge in [0.15, 0.2) is 5.69 Å². The van der Waals surface area contributed by atoms with Crippen molar-refractivity contribution in [3.8, 4) is 5.69 Å². The van der Waals surface area contributed by atoms with Gasteiger partial charge in [0.2, 0.25) is 0 Å². The first-order valence-electron chi connectivity index (χ1n) is 9.07. The molecule has 3 aromatic rings. The first kappa shape index (κ1) is 17.8. The Morgan fingerprint density at radius 1 is 1.14 bits per heavy atom. The zero-order valence-corrected chi connectivity index (χ0v) is 15.6. The molecule has 0 bridgehead atoms. The maximum atomic E-state index is 12.6. The quantitative estimate of drug-likeness (QED) is 0.683. The van der Waals surface area contributed by atoms with Crippen molar-refractivity contribution in [3.63, 3.8) is 0 Å². The Labute approximate surface area is 162 Å². The Bertz CT molecular complexity index is 1040. The van der Waals surface area contributed by atoms with E-state index in [0.29, 0.717) is 11.1 Å². The molecule has 2 aromatic carbocycles. The molecule has 0 fully saturated rings. The van der Waals surface area contributed by atoms with Gasteiger partial charge in [-0.1, -0.05) is 30.3 Å². The van der Waals surface area contributed by atoms with E-state index in [9.17, 15) is 9.59 Å². The molecule has 0 radical (unpaired) electrons. The predicted molar refractivity (Wildman–Crippen MR) is 105 cm³/mol. The minimum Gasteiger partial charge on any atom is -0.461 e. The number of rotatable bonds is 4. The van der Waals surface area contributed by atoms with Crippen molar-refractivity contribution in [1.29, 1.82) is 0 Å². The van der Waals surface area contributed by atoms with Gasteiger partial charge in [0.1, 0.15) is 6.17 Å². The van der Waals surface area contributed by atoms with Gasteiger partial charge in [-0.15, -0.1) is 0 Å². The number of aryl methyl sites for hydroxylation is 1. The fourth-order valence-electron chi connectivity index (χ4n) is 3.26. The molecule has 1 aliphatic heterocycles. The monoisotopic (exact) mass is 376 g/mol. The molecule has 0 aliphatic carbocycles. The summed E-state index contributed by atoms with van der Waals surface area (Å²) in [5.41, 5.74) is 3.79. The van der Waals surface area contributed by atoms with E-state index in [-0.39, 0.29) is 18.2 Å². The van der Waals surface area contributed by atoms with Crippen LogP contribution in [-0.4, -0.2) is 28.3 Å². The number of para-hydroxylation sites is 2. The molecule has 28 heavy (non-hydrogen) atoms. The largest absolute Gasteiger partial charge is 0.461 e. The van der Waals surface area contributed by atoms with Gasteiger partial charge in [-0.25, -0.2) is 9.48 Å². The second-order valence-corrected chi connectivity index (χ2v) is 6.48. The van der Waals surface area contributed by atoms with Gasteiger partial charge in [-0.2, -0.15) is 5.10 Å². The molecule has 0 spiro atoms. The molecule has 7 nitrogen and oxygen atoms in total. The highest BCUT2D eigenvalue weighted by Crippen LogP contribution is 2.31. The SMILES string of the molecule is CCOC(=O)c1nn(-c2ccccc2)cc1[C@H]1NC(=O)c2cccc(C)c2N1. The lowest BCUT2D eigenvalue weighted by Gasteiger charge is -2.28. The smallest absolute Gasteiger partial charge is 0.359 e. The van der Waals surface area contributed by atoms with E-state index in [0.717, 1.165) is 16.9 Å². The van der Waals surface area contributed by atoms with Crippen molar-refractivity contribution in [2.75, 3.05) is 11.9 Å². The van der Waals surface area contributed by atoms with Crippen molar-refractivity contribution in [2.45, 2.75) is 20.0 Å². The van der Waals surface area contributed by atoms with Gasteiger partial charge in [0.05, 0.1) is 23.5 Å². The van der Waals surface area contributed by atoms with Crippen LogP contribution in [0.1, 0.15) is 45.1 Å². The number of benzene rings is 2. The van der Waals surface area contributed by atoms with E-state index in [4.69, 9.17) is 4.74 Å². The van der Waals surface area contributed by atoms with E-state index in [1.165, 1.54) is 0 Å². The summed E-state index contributed by atoms with van der Waals surface area (Å²) in [6, 6.07) is 15.0. The van der Waals surface area contributed by atoms with Crippen LogP contribution in [0.5, 0.6) is 0 Å². The molecule has 0 saturated heterocycles. The third-order valence-electron chi connectivity index (χ3n) is 4.62. The van der Waals surface area contributed by atoms with Crippen LogP contribution in [0.4, 0.5) is 5.69 Å². The number of carbonyl (C=O) groups is 2. The van der Waals surface area contributed by atoms with Crippen molar-refractivity contribution < 1.29 is 14.3 Å². The van der Waals surface area contributed by atoms with Gasteiger partial charge in [-0.3, -0.25) is 4.79 Å². The molecule has 4 rings (SSSR count). The second-order valence-electron chi connectivity index (χ2n) is 6.48. The Morgan fingerprint density at radius 3 is 2.68 bits per heavy atom. The first-order chi connectivity index (χ1) is 13.6. The summed E-state index contributed by atoms with van der Waals surface area (Å²) in [6.07, 6.45) is 1.14. The van der Waals surface area contributed by atoms with Gasteiger partial charge in [0.25, 0.3) is 5.91 Å². The molecule has 7 heteroatoms. The lowest BCUT2D eigenvalue weighted by atomic mass is 10.0. The highest BCUT2D eigenvalue weighted by Gasteiger charge is 2.31. The average Bonchev–Trinajstić information content (AvgIpc) is 3.15. The number of aromatic nitrogens is 2. The Balaban J connectivity index is 1.78. The number of hydrogen-bond donors (Lipinski definition) is 2. The lowest BCUT2D eigenvalue weighted by Crippen LogP contribution is -2.39. The van der Waals surface area contributed by atoms with Gasteiger partial charge in [0, 0.05) is 11.8 Å². The van der Waals surface area contributed by atoms with Crippen LogP contribution >= 0.6 is 0 Å². The second kappa shape index (κ2) is 7.19. The molecule has 1 aromatic heterocycles. The molecule has 1 aliphatic rings. The maximum absolute atomic E-state index is 12.6. The number of hydrogen-bond acceptors (Lipinski definition) is 5. The lowest BCUT2D eigenvalue weighted by molar-refractivity contribution is 0.0516. The van der Waals surface area contributed by atoms with Gasteiger partial charge < -0.3 is 15.4 Å². The number of anilines is 1. The molecule has 2 N–H and O–H groups in total. The Kier molecular flexibility index (Phi) is 4.57. The van der Waals surface area contributed by atoms with Crippen LogP contribution in [0.3, 0.4) is 0 Å². The third kappa shape index (κ3) is 3.11. The van der Waals surface area contributed by atoms with Crippen LogP contribution < -0.4 is 10.6 Å². The minimum atomic E-state index is -0.599. The average molecular weight is 376 g/mol. The Hall–Kier alpha value is -3.61. The number of esters is 1. The fourth-order valence-corrected chi connectivity index (χ4v) is 3.26. The summed E-state index contributed by atoms with van der Waals surface area (Å²) in [5, 5.41) is 10.7. The van der Waals surface area contributed by atoms with Gasteiger partial charge >= 0.3 is 5.97 Å². The molecule has 0 saturated carbocycles. The standard InChI is InChI=1S/C21H20N4O3/c1-3-28-21(27)18-16(12-25(24-18)14-9-5-4-6-10-14)19-22-17-13(2)8-7-11-15(17)20(26)23-19/h4-12,19,22H,3H2,1-2H3,(H,23,26)/t19-/m1/s1. The van der Waals surface area contributed by atoms with E-state index in [1.54, 1.807) is 23.9 Å². The summed E-state index contributed by atoms with van der Waals surface area (Å²) in [4.78, 5) is 25.1. The summed E-state index contributed by atoms with van der Waals surface area (Å²) >= 11 is 0. The van der Waals surface area contributed by atoms with Crippen molar-refractivity contribution in [1.82, 2.24) is 15.1 Å². The number of nitrogens with zero attached hydrogens (tertiary/aromatic N) is 2. The molecule has 2 heterocycles. The molecular formula is C21H20N4O3. The van der Waals surface area contributed by atoms with Crippen LogP contribution in [-0.2, 0) is 4.74 Å². The number of nitrogens with one attached hydrogen (secondary N) is 2. The molecule has 1 amide bonds. The maximum Gasteiger partial charge on any atom is 0.359 e. The van der Waals surface area contributed by atoms with Crippen LogP contribution in [0.2, 0.25) is 0 Å². The minimum absolute atomic E-state index is 0.167. The molecule has 142 valence electrons. The van der Waals surface area contributed by atoms with E-state index in [1.807, 2.05) is 49.4 Å². The summed E-state index contributed by atoms with van der Waals surface area (Å²) in [7, 11) is 0. The topological polar surface area (TPSA) is 85.2 Å². The van der Waals surface area contributed by atoms with E-state index in [2.05, 4.69) is 15.7 Å². The zero-order chi connectivity index (χ0) is 19.7. The van der Waals surface area contributed by atoms with Gasteiger partial charge in [-0.05, 0) is 37.6 Å².